The van der Waals surface area contributed by atoms with Gasteiger partial charge < -0.3 is 5.73 Å². The van der Waals surface area contributed by atoms with E-state index in [0.717, 1.165) is 0 Å². The summed E-state index contributed by atoms with van der Waals surface area (Å²) >= 11 is 0. The summed E-state index contributed by atoms with van der Waals surface area (Å²) in [4.78, 5) is 13.3. The number of nitrogens with two attached hydrogens (primary N) is 1. The number of primary amides is 1. The number of nitrogens with zero attached hydrogens (tertiary/aromatic N) is 1. The highest BCUT2D eigenvalue weighted by Crippen LogP contribution is 1.76. The number of amides is 2. The van der Waals surface area contributed by atoms with Gasteiger partial charge in [-0.3, -0.25) is 0 Å². The van der Waals surface area contributed by atoms with Gasteiger partial charge in [0.2, 0.25) is 0 Å². The molecule has 0 atom stereocenters. The second-order valence-electron chi connectivity index (χ2n) is 1.30. The van der Waals surface area contributed by atoms with Crippen LogP contribution in [-0.2, 0) is 0 Å². The number of urea groups is 1. The van der Waals surface area contributed by atoms with Crippen LogP contribution in [0.25, 0.3) is 0 Å². The van der Waals surface area contributed by atoms with Gasteiger partial charge in [0.1, 0.15) is 0 Å². The monoisotopic (exact) mass is 112 g/mol. The van der Waals surface area contributed by atoms with E-state index in [9.17, 15) is 4.79 Å². The molecule has 0 saturated heterocycles. The zero-order valence-electron chi connectivity index (χ0n) is 4.72. The molecular weight excluding hydrogens is 104 g/mol. The average Bonchev–Trinajstić information content (AvgIpc) is 1.65. The standard InChI is InChI=1S/C5H8N2O/c1-3-4(2)7-5(6)8/h3H,1H2,2H3,(H2,6,8)/b7-4+. The van der Waals surface area contributed by atoms with Gasteiger partial charge in [0.05, 0.1) is 0 Å². The summed E-state index contributed by atoms with van der Waals surface area (Å²) in [6, 6.07) is -0.678. The molecule has 0 aromatic rings. The smallest absolute Gasteiger partial charge is 0.338 e. The van der Waals surface area contributed by atoms with Crippen LogP contribution in [0.2, 0.25) is 0 Å². The highest BCUT2D eigenvalue weighted by atomic mass is 16.2. The van der Waals surface area contributed by atoms with Crippen LogP contribution >= 0.6 is 0 Å². The van der Waals surface area contributed by atoms with E-state index >= 15 is 0 Å². The largest absolute Gasteiger partial charge is 0.350 e. The molecule has 0 radical (unpaired) electrons. The van der Waals surface area contributed by atoms with Crippen molar-refractivity contribution in [2.75, 3.05) is 0 Å². The van der Waals surface area contributed by atoms with Crippen LogP contribution in [0.3, 0.4) is 0 Å². The lowest BCUT2D eigenvalue weighted by molar-refractivity contribution is 0.257. The van der Waals surface area contributed by atoms with E-state index in [1.54, 1.807) is 6.92 Å². The second kappa shape index (κ2) is 2.96. The molecule has 44 valence electrons. The minimum Gasteiger partial charge on any atom is -0.350 e. The van der Waals surface area contributed by atoms with Crippen LogP contribution in [0.5, 0.6) is 0 Å². The third-order valence-corrected chi connectivity index (χ3v) is 0.582. The molecule has 0 bridgehead atoms. The zero-order valence-corrected chi connectivity index (χ0v) is 4.72. The van der Waals surface area contributed by atoms with E-state index in [2.05, 4.69) is 11.6 Å². The van der Waals surface area contributed by atoms with Gasteiger partial charge in [-0.05, 0) is 13.0 Å². The van der Waals surface area contributed by atoms with Gasteiger partial charge in [0, 0.05) is 5.71 Å². The maximum absolute atomic E-state index is 9.96. The number of aliphatic imine (C=N–C) groups is 1. The van der Waals surface area contributed by atoms with Gasteiger partial charge in [-0.1, -0.05) is 6.58 Å². The molecule has 8 heavy (non-hydrogen) atoms. The van der Waals surface area contributed by atoms with Crippen molar-refractivity contribution in [2.45, 2.75) is 6.92 Å². The van der Waals surface area contributed by atoms with Gasteiger partial charge >= 0.3 is 6.03 Å². The molecule has 0 rings (SSSR count). The van der Waals surface area contributed by atoms with E-state index in [1.165, 1.54) is 6.08 Å². The fraction of sp³-hybridized carbons (Fsp3) is 0.200. The first-order valence-electron chi connectivity index (χ1n) is 2.14. The van der Waals surface area contributed by atoms with Gasteiger partial charge in [0.25, 0.3) is 0 Å². The molecule has 2 amide bonds. The minimum absolute atomic E-state index is 0.539. The van der Waals surface area contributed by atoms with Crippen molar-refractivity contribution in [3.8, 4) is 0 Å². The highest BCUT2D eigenvalue weighted by Gasteiger charge is 1.84. The molecule has 0 fully saturated rings. The van der Waals surface area contributed by atoms with Crippen LogP contribution in [0, 0.1) is 0 Å². The van der Waals surface area contributed by atoms with Gasteiger partial charge in [-0.25, -0.2) is 4.79 Å². The Balaban J connectivity index is 3.94. The van der Waals surface area contributed by atoms with Gasteiger partial charge in [0.15, 0.2) is 0 Å². The Hall–Kier alpha value is -1.12. The summed E-state index contributed by atoms with van der Waals surface area (Å²) in [5, 5.41) is 0. The Morgan fingerprint density at radius 1 is 1.88 bits per heavy atom. The number of hydrogen-bond acceptors (Lipinski definition) is 1. The minimum atomic E-state index is -0.678. The first-order chi connectivity index (χ1) is 3.66. The SMILES string of the molecule is C=C/C(C)=N/C(N)=O. The molecule has 3 nitrogen and oxygen atoms in total. The fourth-order valence-corrected chi connectivity index (χ4v) is 0.219. The number of allylic oxidation sites excluding steroid dienone is 1. The van der Waals surface area contributed by atoms with Crippen LogP contribution in [0.1, 0.15) is 6.92 Å². The number of carbonyl (C=O) groups excluding carboxylic acids is 1. The summed E-state index contributed by atoms with van der Waals surface area (Å²) in [6.07, 6.45) is 1.46. The Morgan fingerprint density at radius 3 is 2.50 bits per heavy atom. The molecule has 0 aliphatic heterocycles. The van der Waals surface area contributed by atoms with Crippen molar-refractivity contribution in [2.24, 2.45) is 10.7 Å². The van der Waals surface area contributed by atoms with E-state index in [4.69, 9.17) is 5.73 Å². The normalized spacial score (nSPS) is 10.9. The lowest BCUT2D eigenvalue weighted by atomic mass is 10.4. The predicted molar refractivity (Wildman–Crippen MR) is 32.9 cm³/mol. The zero-order chi connectivity index (χ0) is 6.57. The first-order valence-corrected chi connectivity index (χ1v) is 2.14. The number of carbonyl (C=O) groups is 1. The van der Waals surface area contributed by atoms with Crippen molar-refractivity contribution in [1.82, 2.24) is 0 Å². The van der Waals surface area contributed by atoms with Crippen LogP contribution < -0.4 is 5.73 Å². The van der Waals surface area contributed by atoms with E-state index in [-0.39, 0.29) is 0 Å². The third kappa shape index (κ3) is 3.08. The topological polar surface area (TPSA) is 55.4 Å². The summed E-state index contributed by atoms with van der Waals surface area (Å²) < 4.78 is 0. The number of hydrogen-bond donors (Lipinski definition) is 1. The molecule has 2 N–H and O–H groups in total. The third-order valence-electron chi connectivity index (χ3n) is 0.582. The van der Waals surface area contributed by atoms with Crippen molar-refractivity contribution >= 4 is 11.7 Å². The maximum atomic E-state index is 9.96. The second-order valence-corrected chi connectivity index (χ2v) is 1.30. The van der Waals surface area contributed by atoms with E-state index < -0.39 is 6.03 Å². The van der Waals surface area contributed by atoms with Crippen LogP contribution in [-0.4, -0.2) is 11.7 Å². The molecular formula is C5H8N2O. The molecule has 0 saturated carbocycles. The van der Waals surface area contributed by atoms with Gasteiger partial charge in [-0.2, -0.15) is 4.99 Å². The Labute approximate surface area is 47.9 Å². The predicted octanol–water partition coefficient (Wildman–Crippen LogP) is 0.712. The summed E-state index contributed by atoms with van der Waals surface area (Å²) in [7, 11) is 0. The number of rotatable bonds is 1. The molecule has 0 aromatic carbocycles. The molecule has 0 aliphatic carbocycles. The molecule has 0 aromatic heterocycles. The van der Waals surface area contributed by atoms with Crippen LogP contribution in [0.4, 0.5) is 4.79 Å². The highest BCUT2D eigenvalue weighted by molar-refractivity contribution is 5.99. The summed E-state index contributed by atoms with van der Waals surface area (Å²) in [5.74, 6) is 0. The Morgan fingerprint density at radius 2 is 2.38 bits per heavy atom. The lowest BCUT2D eigenvalue weighted by Crippen LogP contribution is -2.05. The molecule has 3 heteroatoms. The molecule has 0 aliphatic rings. The lowest BCUT2D eigenvalue weighted by Gasteiger charge is -1.83. The van der Waals surface area contributed by atoms with E-state index in [0.29, 0.717) is 5.71 Å². The first kappa shape index (κ1) is 6.88. The summed E-state index contributed by atoms with van der Waals surface area (Å²) in [5.41, 5.74) is 5.23. The van der Waals surface area contributed by atoms with Gasteiger partial charge in [-0.15, -0.1) is 0 Å². The quantitative estimate of drug-likeness (QED) is 0.499. The average molecular weight is 112 g/mol. The van der Waals surface area contributed by atoms with Crippen molar-refractivity contribution in [3.63, 3.8) is 0 Å². The molecule has 0 spiro atoms. The Kier molecular flexibility index (Phi) is 2.54. The fourth-order valence-electron chi connectivity index (χ4n) is 0.219. The summed E-state index contributed by atoms with van der Waals surface area (Å²) in [6.45, 7) is 5.03. The maximum Gasteiger partial charge on any atom is 0.338 e. The molecule has 0 unspecified atom stereocenters. The van der Waals surface area contributed by atoms with E-state index in [1.807, 2.05) is 0 Å². The Bertz CT molecular complexity index is 137. The van der Waals surface area contributed by atoms with Crippen molar-refractivity contribution in [1.29, 1.82) is 0 Å². The molecule has 0 heterocycles. The van der Waals surface area contributed by atoms with Crippen molar-refractivity contribution < 1.29 is 4.79 Å². The van der Waals surface area contributed by atoms with Crippen molar-refractivity contribution in [3.05, 3.63) is 12.7 Å². The van der Waals surface area contributed by atoms with Crippen LogP contribution in [0.15, 0.2) is 17.6 Å².